The van der Waals surface area contributed by atoms with E-state index in [-0.39, 0.29) is 12.1 Å². The van der Waals surface area contributed by atoms with E-state index in [9.17, 15) is 0 Å². The number of rotatable bonds is 1. The first-order chi connectivity index (χ1) is 4.66. The van der Waals surface area contributed by atoms with Gasteiger partial charge in [0.05, 0.1) is 6.61 Å². The maximum absolute atomic E-state index is 8.87. The maximum atomic E-state index is 8.87. The fourth-order valence-corrected chi connectivity index (χ4v) is 1.37. The second kappa shape index (κ2) is 2.86. The highest BCUT2D eigenvalue weighted by Gasteiger charge is 2.29. The normalized spacial score (nSPS) is 41.7. The van der Waals surface area contributed by atoms with E-state index in [0.29, 0.717) is 6.04 Å². The van der Waals surface area contributed by atoms with Crippen LogP contribution in [0.1, 0.15) is 25.7 Å². The summed E-state index contributed by atoms with van der Waals surface area (Å²) in [4.78, 5) is 0. The molecule has 3 nitrogen and oxygen atoms in total. The monoisotopic (exact) mass is 144 g/mol. The first-order valence-corrected chi connectivity index (χ1v) is 3.82. The van der Waals surface area contributed by atoms with Crippen LogP contribution in [0.4, 0.5) is 0 Å². The van der Waals surface area contributed by atoms with Gasteiger partial charge in [-0.1, -0.05) is 0 Å². The van der Waals surface area contributed by atoms with Gasteiger partial charge >= 0.3 is 0 Å². The number of hydrogen-bond donors (Lipinski definition) is 3. The second-order valence-corrected chi connectivity index (χ2v) is 3.36. The molecule has 0 unspecified atom stereocenters. The molecule has 1 aliphatic rings. The maximum Gasteiger partial charge on any atom is 0.0611 e. The van der Waals surface area contributed by atoms with Gasteiger partial charge in [0.2, 0.25) is 0 Å². The van der Waals surface area contributed by atoms with Crippen LogP contribution in [0.15, 0.2) is 0 Å². The third-order valence-corrected chi connectivity index (χ3v) is 2.34. The van der Waals surface area contributed by atoms with Crippen LogP contribution >= 0.6 is 0 Å². The van der Waals surface area contributed by atoms with Gasteiger partial charge in [-0.15, -0.1) is 0 Å². The minimum atomic E-state index is -0.324. The Bertz CT molecular complexity index is 108. The predicted octanol–water partition coefficient (Wildman–Crippen LogP) is -0.423. The minimum absolute atomic E-state index is 0.0969. The van der Waals surface area contributed by atoms with Gasteiger partial charge in [-0.2, -0.15) is 0 Å². The smallest absolute Gasteiger partial charge is 0.0611 e. The molecule has 1 saturated carbocycles. The minimum Gasteiger partial charge on any atom is -0.394 e. The van der Waals surface area contributed by atoms with Gasteiger partial charge in [0.25, 0.3) is 0 Å². The van der Waals surface area contributed by atoms with Crippen LogP contribution in [0.3, 0.4) is 0 Å². The van der Waals surface area contributed by atoms with E-state index in [0.717, 1.165) is 25.7 Å². The summed E-state index contributed by atoms with van der Waals surface area (Å²) in [5.74, 6) is 0. The summed E-state index contributed by atoms with van der Waals surface area (Å²) in [6.45, 7) is 0.0969. The largest absolute Gasteiger partial charge is 0.394 e. The molecule has 10 heavy (non-hydrogen) atoms. The average Bonchev–Trinajstić information content (AvgIpc) is 1.96. The summed E-state index contributed by atoms with van der Waals surface area (Å²) in [6.07, 6.45) is 3.64. The van der Waals surface area contributed by atoms with E-state index in [1.54, 1.807) is 0 Å². The van der Waals surface area contributed by atoms with Gasteiger partial charge in [0.15, 0.2) is 0 Å². The Labute approximate surface area is 61.4 Å². The van der Waals surface area contributed by atoms with E-state index >= 15 is 0 Å². The lowest BCUT2D eigenvalue weighted by molar-refractivity contribution is 0.150. The lowest BCUT2D eigenvalue weighted by Gasteiger charge is -2.34. The quantitative estimate of drug-likeness (QED) is 0.468. The van der Waals surface area contributed by atoms with Gasteiger partial charge in [-0.3, -0.25) is 0 Å². The van der Waals surface area contributed by atoms with Crippen molar-refractivity contribution in [3.63, 3.8) is 0 Å². The molecular weight excluding hydrogens is 128 g/mol. The Morgan fingerprint density at radius 2 is 1.90 bits per heavy atom. The molecule has 0 atom stereocenters. The van der Waals surface area contributed by atoms with Gasteiger partial charge in [-0.05, 0) is 25.7 Å². The van der Waals surface area contributed by atoms with E-state index in [4.69, 9.17) is 16.6 Å². The number of nitrogens with two attached hydrogens (primary N) is 2. The Kier molecular flexibility index (Phi) is 2.28. The molecule has 60 valence electrons. The molecule has 0 heterocycles. The zero-order valence-electron chi connectivity index (χ0n) is 6.21. The van der Waals surface area contributed by atoms with Crippen molar-refractivity contribution < 1.29 is 5.11 Å². The van der Waals surface area contributed by atoms with Gasteiger partial charge in [0.1, 0.15) is 0 Å². The molecule has 3 heteroatoms. The Morgan fingerprint density at radius 3 is 2.30 bits per heavy atom. The van der Waals surface area contributed by atoms with Crippen LogP contribution in [0.5, 0.6) is 0 Å². The molecular formula is C7H16N2O. The molecule has 0 amide bonds. The van der Waals surface area contributed by atoms with Crippen molar-refractivity contribution >= 4 is 0 Å². The van der Waals surface area contributed by atoms with Crippen LogP contribution in [0.25, 0.3) is 0 Å². The summed E-state index contributed by atoms with van der Waals surface area (Å²) in [5.41, 5.74) is 11.2. The summed E-state index contributed by atoms with van der Waals surface area (Å²) >= 11 is 0. The highest BCUT2D eigenvalue weighted by atomic mass is 16.3. The highest BCUT2D eigenvalue weighted by molar-refractivity contribution is 4.90. The van der Waals surface area contributed by atoms with E-state index in [1.807, 2.05) is 0 Å². The molecule has 1 aliphatic carbocycles. The molecule has 0 aliphatic heterocycles. The summed E-state index contributed by atoms with van der Waals surface area (Å²) in [7, 11) is 0. The van der Waals surface area contributed by atoms with Gasteiger partial charge < -0.3 is 16.6 Å². The topological polar surface area (TPSA) is 72.3 Å². The van der Waals surface area contributed by atoms with Gasteiger partial charge in [-0.25, -0.2) is 0 Å². The third kappa shape index (κ3) is 1.68. The molecule has 1 fully saturated rings. The van der Waals surface area contributed by atoms with Crippen LogP contribution in [0.2, 0.25) is 0 Å². The van der Waals surface area contributed by atoms with Crippen molar-refractivity contribution in [3.05, 3.63) is 0 Å². The molecule has 0 saturated heterocycles. The molecule has 0 aromatic rings. The van der Waals surface area contributed by atoms with Crippen molar-refractivity contribution in [1.29, 1.82) is 0 Å². The molecule has 0 bridgehead atoms. The van der Waals surface area contributed by atoms with Crippen molar-refractivity contribution in [2.24, 2.45) is 11.5 Å². The zero-order chi connectivity index (χ0) is 7.61. The number of aliphatic hydroxyl groups is 1. The van der Waals surface area contributed by atoms with E-state index < -0.39 is 0 Å². The van der Waals surface area contributed by atoms with Crippen molar-refractivity contribution in [2.75, 3.05) is 6.61 Å². The zero-order valence-corrected chi connectivity index (χ0v) is 6.21. The standard InChI is InChI=1S/C7H16N2O/c8-6-1-3-7(9,5-10)4-2-6/h6,10H,1-5,8-9H2. The van der Waals surface area contributed by atoms with E-state index in [2.05, 4.69) is 0 Å². The summed E-state index contributed by atoms with van der Waals surface area (Å²) in [5, 5.41) is 8.87. The molecule has 0 radical (unpaired) electrons. The second-order valence-electron chi connectivity index (χ2n) is 3.36. The fraction of sp³-hybridized carbons (Fsp3) is 1.00. The lowest BCUT2D eigenvalue weighted by atomic mass is 9.81. The third-order valence-electron chi connectivity index (χ3n) is 2.34. The Morgan fingerprint density at radius 1 is 1.40 bits per heavy atom. The van der Waals surface area contributed by atoms with Crippen molar-refractivity contribution in [3.8, 4) is 0 Å². The molecule has 0 aromatic heterocycles. The summed E-state index contributed by atoms with van der Waals surface area (Å²) in [6, 6.07) is 0.309. The molecule has 0 aromatic carbocycles. The van der Waals surface area contributed by atoms with Crippen molar-refractivity contribution in [2.45, 2.75) is 37.3 Å². The average molecular weight is 144 g/mol. The van der Waals surface area contributed by atoms with Gasteiger partial charge in [0, 0.05) is 11.6 Å². The molecule has 0 spiro atoms. The van der Waals surface area contributed by atoms with Crippen LogP contribution in [-0.2, 0) is 0 Å². The summed E-state index contributed by atoms with van der Waals surface area (Å²) < 4.78 is 0. The lowest BCUT2D eigenvalue weighted by Crippen LogP contribution is -2.48. The highest BCUT2D eigenvalue weighted by Crippen LogP contribution is 2.24. The van der Waals surface area contributed by atoms with Crippen LogP contribution < -0.4 is 11.5 Å². The molecule has 5 N–H and O–H groups in total. The molecule has 1 rings (SSSR count). The predicted molar refractivity (Wildman–Crippen MR) is 40.4 cm³/mol. The van der Waals surface area contributed by atoms with Crippen LogP contribution in [0, 0.1) is 0 Å². The van der Waals surface area contributed by atoms with Crippen LogP contribution in [-0.4, -0.2) is 23.3 Å². The first kappa shape index (κ1) is 7.98. The SMILES string of the molecule is NC1CCC(N)(CO)CC1. The fourth-order valence-electron chi connectivity index (χ4n) is 1.37. The first-order valence-electron chi connectivity index (χ1n) is 3.82. The van der Waals surface area contributed by atoms with E-state index in [1.165, 1.54) is 0 Å². The van der Waals surface area contributed by atoms with Crippen molar-refractivity contribution in [1.82, 2.24) is 0 Å². The Hall–Kier alpha value is -0.120. The number of hydrogen-bond acceptors (Lipinski definition) is 3. The Balaban J connectivity index is 2.38. The number of aliphatic hydroxyl groups excluding tert-OH is 1.